The number of aromatic hydroxyl groups is 1. The number of benzene rings is 2. The minimum Gasteiger partial charge on any atom is -0.504 e. The zero-order valence-corrected chi connectivity index (χ0v) is 11.0. The van der Waals surface area contributed by atoms with Crippen molar-refractivity contribution in [3.8, 4) is 22.6 Å². The van der Waals surface area contributed by atoms with E-state index in [4.69, 9.17) is 4.74 Å². The fraction of sp³-hybridized carbons (Fsp3) is 0.0769. The quantitative estimate of drug-likeness (QED) is 0.845. The van der Waals surface area contributed by atoms with Crippen molar-refractivity contribution >= 4 is 15.9 Å². The average molecular weight is 315 g/mol. The van der Waals surface area contributed by atoms with E-state index in [9.17, 15) is 13.9 Å². The summed E-state index contributed by atoms with van der Waals surface area (Å²) in [5.74, 6) is -1.65. The van der Waals surface area contributed by atoms with Crippen LogP contribution in [0.2, 0.25) is 0 Å². The molecule has 0 saturated carbocycles. The van der Waals surface area contributed by atoms with E-state index < -0.39 is 11.6 Å². The van der Waals surface area contributed by atoms with Crippen LogP contribution >= 0.6 is 15.9 Å². The van der Waals surface area contributed by atoms with Crippen LogP contribution in [0.1, 0.15) is 0 Å². The summed E-state index contributed by atoms with van der Waals surface area (Å²) < 4.78 is 32.7. The summed E-state index contributed by atoms with van der Waals surface area (Å²) in [5.41, 5.74) is -0.244. The molecule has 0 fully saturated rings. The molecule has 18 heavy (non-hydrogen) atoms. The number of rotatable bonds is 2. The fourth-order valence-electron chi connectivity index (χ4n) is 1.66. The van der Waals surface area contributed by atoms with Gasteiger partial charge < -0.3 is 9.84 Å². The van der Waals surface area contributed by atoms with Gasteiger partial charge in [0, 0.05) is 5.56 Å². The summed E-state index contributed by atoms with van der Waals surface area (Å²) in [6.07, 6.45) is 0. The third-order valence-electron chi connectivity index (χ3n) is 2.53. The molecule has 0 heterocycles. The van der Waals surface area contributed by atoms with Gasteiger partial charge >= 0.3 is 0 Å². The van der Waals surface area contributed by atoms with Crippen molar-refractivity contribution in [3.63, 3.8) is 0 Å². The molecule has 5 heteroatoms. The molecule has 0 amide bonds. The lowest BCUT2D eigenvalue weighted by Gasteiger charge is -2.11. The van der Waals surface area contributed by atoms with Crippen LogP contribution in [-0.2, 0) is 0 Å². The van der Waals surface area contributed by atoms with Gasteiger partial charge in [-0.05, 0) is 34.1 Å². The number of para-hydroxylation sites is 1. The average Bonchev–Trinajstić information content (AvgIpc) is 2.36. The Morgan fingerprint density at radius 2 is 1.89 bits per heavy atom. The molecule has 0 spiro atoms. The van der Waals surface area contributed by atoms with E-state index in [1.807, 2.05) is 0 Å². The third kappa shape index (κ3) is 2.06. The van der Waals surface area contributed by atoms with E-state index in [2.05, 4.69) is 15.9 Å². The molecule has 0 aliphatic rings. The van der Waals surface area contributed by atoms with Crippen molar-refractivity contribution < 1.29 is 18.6 Å². The molecular formula is C13H9BrF2O2. The molecule has 2 nitrogen and oxygen atoms in total. The first-order chi connectivity index (χ1) is 8.56. The van der Waals surface area contributed by atoms with Gasteiger partial charge in [-0.15, -0.1) is 0 Å². The predicted molar refractivity (Wildman–Crippen MR) is 67.7 cm³/mol. The van der Waals surface area contributed by atoms with E-state index >= 15 is 0 Å². The second-order valence-corrected chi connectivity index (χ2v) is 4.43. The van der Waals surface area contributed by atoms with Gasteiger partial charge in [0.25, 0.3) is 0 Å². The van der Waals surface area contributed by atoms with Crippen molar-refractivity contribution in [2.45, 2.75) is 0 Å². The Morgan fingerprint density at radius 1 is 1.17 bits per heavy atom. The van der Waals surface area contributed by atoms with Crippen LogP contribution in [0.15, 0.2) is 34.8 Å². The second-order valence-electron chi connectivity index (χ2n) is 3.57. The summed E-state index contributed by atoms with van der Waals surface area (Å²) in [4.78, 5) is 0. The lowest BCUT2D eigenvalue weighted by atomic mass is 10.0. The largest absolute Gasteiger partial charge is 0.504 e. The zero-order chi connectivity index (χ0) is 13.3. The summed E-state index contributed by atoms with van der Waals surface area (Å²) >= 11 is 2.98. The molecule has 0 aromatic heterocycles. The molecule has 2 rings (SSSR count). The molecule has 94 valence electrons. The fourth-order valence-corrected chi connectivity index (χ4v) is 1.99. The highest BCUT2D eigenvalue weighted by Crippen LogP contribution is 2.40. The Bertz CT molecular complexity index is 600. The normalized spacial score (nSPS) is 10.4. The van der Waals surface area contributed by atoms with Crippen LogP contribution in [0, 0.1) is 11.6 Å². The molecule has 0 bridgehead atoms. The molecular weight excluding hydrogens is 306 g/mol. The smallest absolute Gasteiger partial charge is 0.165 e. The van der Waals surface area contributed by atoms with Crippen LogP contribution in [0.4, 0.5) is 8.78 Å². The first kappa shape index (κ1) is 12.8. The van der Waals surface area contributed by atoms with Crippen molar-refractivity contribution in [3.05, 3.63) is 46.4 Å². The molecule has 0 atom stereocenters. The number of halogens is 3. The standard InChI is InChI=1S/C13H9BrF2O2/c1-18-10-4-2-3-7(13(10)17)11-9(15)6-5-8(14)12(11)16/h2-6,17H,1H3. The number of methoxy groups -OCH3 is 1. The first-order valence-corrected chi connectivity index (χ1v) is 5.85. The van der Waals surface area contributed by atoms with Crippen LogP contribution in [0.3, 0.4) is 0 Å². The van der Waals surface area contributed by atoms with Gasteiger partial charge in [0.1, 0.15) is 11.6 Å². The minimum atomic E-state index is -0.765. The summed E-state index contributed by atoms with van der Waals surface area (Å²) in [7, 11) is 1.37. The van der Waals surface area contributed by atoms with Crippen LogP contribution in [0.5, 0.6) is 11.5 Å². The topological polar surface area (TPSA) is 29.5 Å². The molecule has 2 aromatic carbocycles. The molecule has 0 aliphatic carbocycles. The SMILES string of the molecule is COc1cccc(-c2c(F)ccc(Br)c2F)c1O. The number of phenols is 1. The molecule has 0 aliphatic heterocycles. The maximum Gasteiger partial charge on any atom is 0.165 e. The Kier molecular flexibility index (Phi) is 3.52. The summed E-state index contributed by atoms with van der Waals surface area (Å²) in [6.45, 7) is 0. The molecule has 0 radical (unpaired) electrons. The van der Waals surface area contributed by atoms with Gasteiger partial charge in [0.05, 0.1) is 17.1 Å². The van der Waals surface area contributed by atoms with Gasteiger partial charge in [-0.2, -0.15) is 0 Å². The maximum absolute atomic E-state index is 13.9. The van der Waals surface area contributed by atoms with Gasteiger partial charge in [-0.1, -0.05) is 12.1 Å². The van der Waals surface area contributed by atoms with E-state index in [0.717, 1.165) is 6.07 Å². The third-order valence-corrected chi connectivity index (χ3v) is 3.14. The van der Waals surface area contributed by atoms with E-state index in [0.29, 0.717) is 0 Å². The zero-order valence-electron chi connectivity index (χ0n) is 9.38. The van der Waals surface area contributed by atoms with Crippen LogP contribution < -0.4 is 4.74 Å². The molecule has 0 saturated heterocycles. The number of hydrogen-bond acceptors (Lipinski definition) is 2. The van der Waals surface area contributed by atoms with Gasteiger partial charge in [-0.25, -0.2) is 8.78 Å². The van der Waals surface area contributed by atoms with Gasteiger partial charge in [-0.3, -0.25) is 0 Å². The van der Waals surface area contributed by atoms with Crippen molar-refractivity contribution in [2.75, 3.05) is 7.11 Å². The molecule has 1 N–H and O–H groups in total. The second kappa shape index (κ2) is 4.94. The monoisotopic (exact) mass is 314 g/mol. The summed E-state index contributed by atoms with van der Waals surface area (Å²) in [5, 5.41) is 9.91. The van der Waals surface area contributed by atoms with E-state index in [1.165, 1.54) is 25.3 Å². The Hall–Kier alpha value is -1.62. The van der Waals surface area contributed by atoms with Gasteiger partial charge in [0.2, 0.25) is 0 Å². The number of phenolic OH excluding ortho intramolecular Hbond substituents is 1. The van der Waals surface area contributed by atoms with Crippen LogP contribution in [0.25, 0.3) is 11.1 Å². The van der Waals surface area contributed by atoms with Gasteiger partial charge in [0.15, 0.2) is 11.5 Å². The van der Waals surface area contributed by atoms with Crippen molar-refractivity contribution in [1.82, 2.24) is 0 Å². The minimum absolute atomic E-state index is 0.0469. The van der Waals surface area contributed by atoms with E-state index in [1.54, 1.807) is 6.07 Å². The Labute approximate surface area is 111 Å². The summed E-state index contributed by atoms with van der Waals surface area (Å²) in [6, 6.07) is 6.87. The highest BCUT2D eigenvalue weighted by Gasteiger charge is 2.19. The molecule has 0 unspecified atom stereocenters. The maximum atomic E-state index is 13.9. The van der Waals surface area contributed by atoms with E-state index in [-0.39, 0.29) is 27.1 Å². The molecule has 2 aromatic rings. The lowest BCUT2D eigenvalue weighted by Crippen LogP contribution is -1.93. The number of ether oxygens (including phenoxy) is 1. The van der Waals surface area contributed by atoms with Crippen molar-refractivity contribution in [1.29, 1.82) is 0 Å². The Balaban J connectivity index is 2.73. The van der Waals surface area contributed by atoms with Crippen molar-refractivity contribution in [2.24, 2.45) is 0 Å². The first-order valence-electron chi connectivity index (χ1n) is 5.06. The van der Waals surface area contributed by atoms with Crippen LogP contribution in [-0.4, -0.2) is 12.2 Å². The lowest BCUT2D eigenvalue weighted by molar-refractivity contribution is 0.374. The highest BCUT2D eigenvalue weighted by molar-refractivity contribution is 9.10. The highest BCUT2D eigenvalue weighted by atomic mass is 79.9. The predicted octanol–water partition coefficient (Wildman–Crippen LogP) is 4.11. The Morgan fingerprint density at radius 3 is 2.56 bits per heavy atom. The number of hydrogen-bond donors (Lipinski definition) is 1.